The van der Waals surface area contributed by atoms with Gasteiger partial charge in [0.1, 0.15) is 11.9 Å². The van der Waals surface area contributed by atoms with Crippen molar-refractivity contribution in [3.05, 3.63) is 64.9 Å². The summed E-state index contributed by atoms with van der Waals surface area (Å²) in [5.41, 5.74) is 5.01. The average molecular weight is 466 g/mol. The van der Waals surface area contributed by atoms with Gasteiger partial charge < -0.3 is 19.2 Å². The molecule has 0 radical (unpaired) electrons. The van der Waals surface area contributed by atoms with Crippen LogP contribution in [0.15, 0.2) is 48.5 Å². The third kappa shape index (κ3) is 3.76. The molecule has 0 spiro atoms. The normalized spacial score (nSPS) is 22.1. The van der Waals surface area contributed by atoms with Crippen molar-refractivity contribution >= 4 is 22.8 Å². The van der Waals surface area contributed by atoms with E-state index in [-0.39, 0.29) is 24.1 Å². The first-order valence-corrected chi connectivity index (χ1v) is 11.3. The highest BCUT2D eigenvalue weighted by molar-refractivity contribution is 6.33. The van der Waals surface area contributed by atoms with Gasteiger partial charge in [-0.15, -0.1) is 0 Å². The fourth-order valence-corrected chi connectivity index (χ4v) is 4.68. The van der Waals surface area contributed by atoms with Gasteiger partial charge in [-0.2, -0.15) is 4.98 Å². The Hall–Kier alpha value is -3.00. The summed E-state index contributed by atoms with van der Waals surface area (Å²) in [6.07, 6.45) is 0.721. The number of ether oxygens (including phenoxy) is 3. The Kier molecular flexibility index (Phi) is 5.05. The summed E-state index contributed by atoms with van der Waals surface area (Å²) in [6, 6.07) is 15.1. The molecule has 2 fully saturated rings. The minimum absolute atomic E-state index is 0.0640. The molecule has 2 aliphatic rings. The fraction of sp³-hybridized carbons (Fsp3) is 0.280. The minimum atomic E-state index is -0.220. The smallest absolute Gasteiger partial charge is 0.296 e. The fourth-order valence-electron chi connectivity index (χ4n) is 4.42. The van der Waals surface area contributed by atoms with Crippen molar-refractivity contribution in [3.8, 4) is 28.4 Å². The molecule has 0 amide bonds. The van der Waals surface area contributed by atoms with Crippen LogP contribution in [-0.2, 0) is 9.47 Å². The lowest BCUT2D eigenvalue weighted by atomic mass is 10.0. The Labute approximate surface area is 194 Å². The molecule has 6 rings (SSSR count). The first kappa shape index (κ1) is 20.6. The van der Waals surface area contributed by atoms with Crippen LogP contribution in [0.2, 0.25) is 5.02 Å². The van der Waals surface area contributed by atoms with Crippen LogP contribution in [0.5, 0.6) is 6.01 Å². The number of halogens is 2. The first-order chi connectivity index (χ1) is 16.0. The van der Waals surface area contributed by atoms with Gasteiger partial charge in [-0.1, -0.05) is 48.0 Å². The SMILES string of the molecule is Cc1ccc(-c2ccc(-c3nc4nc(OC5COC6CCOC65)[nH]c4cc3Cl)cc2)cc1F. The molecule has 0 aliphatic carbocycles. The molecule has 33 heavy (non-hydrogen) atoms. The number of rotatable bonds is 4. The molecular weight excluding hydrogens is 445 g/mol. The zero-order valence-corrected chi connectivity index (χ0v) is 18.6. The molecule has 168 valence electrons. The van der Waals surface area contributed by atoms with Gasteiger partial charge in [-0.25, -0.2) is 9.37 Å². The van der Waals surface area contributed by atoms with E-state index in [4.69, 9.17) is 25.8 Å². The predicted octanol–water partition coefficient (Wildman–Crippen LogP) is 5.33. The Morgan fingerprint density at radius 1 is 1.03 bits per heavy atom. The molecule has 1 N–H and O–H groups in total. The van der Waals surface area contributed by atoms with Crippen LogP contribution in [0, 0.1) is 12.7 Å². The van der Waals surface area contributed by atoms with E-state index in [1.54, 1.807) is 25.1 Å². The van der Waals surface area contributed by atoms with E-state index in [0.717, 1.165) is 23.1 Å². The second-order valence-corrected chi connectivity index (χ2v) is 8.83. The lowest BCUT2D eigenvalue weighted by Crippen LogP contribution is -2.32. The number of H-pyrrole nitrogens is 1. The van der Waals surface area contributed by atoms with E-state index in [1.807, 2.05) is 30.3 Å². The number of benzene rings is 2. The second-order valence-electron chi connectivity index (χ2n) is 8.43. The lowest BCUT2D eigenvalue weighted by molar-refractivity contribution is 0.0273. The van der Waals surface area contributed by atoms with Crippen molar-refractivity contribution in [2.75, 3.05) is 13.2 Å². The monoisotopic (exact) mass is 465 g/mol. The van der Waals surface area contributed by atoms with Gasteiger partial charge >= 0.3 is 0 Å². The minimum Gasteiger partial charge on any atom is -0.456 e. The predicted molar refractivity (Wildman–Crippen MR) is 123 cm³/mol. The molecule has 2 aromatic heterocycles. The summed E-state index contributed by atoms with van der Waals surface area (Å²) in [5.74, 6) is -0.220. The molecule has 2 aliphatic heterocycles. The number of aryl methyl sites for hydroxylation is 1. The second kappa shape index (κ2) is 8.09. The van der Waals surface area contributed by atoms with Crippen molar-refractivity contribution < 1.29 is 18.6 Å². The van der Waals surface area contributed by atoms with E-state index in [1.165, 1.54) is 0 Å². The Bertz CT molecular complexity index is 1340. The molecule has 0 saturated carbocycles. The van der Waals surface area contributed by atoms with Crippen LogP contribution < -0.4 is 4.74 Å². The van der Waals surface area contributed by atoms with Crippen LogP contribution in [0.25, 0.3) is 33.5 Å². The van der Waals surface area contributed by atoms with E-state index in [2.05, 4.69) is 15.0 Å². The Morgan fingerprint density at radius 3 is 2.64 bits per heavy atom. The largest absolute Gasteiger partial charge is 0.456 e. The zero-order valence-electron chi connectivity index (χ0n) is 17.8. The van der Waals surface area contributed by atoms with Gasteiger partial charge in [0.05, 0.1) is 28.9 Å². The van der Waals surface area contributed by atoms with Crippen molar-refractivity contribution in [3.63, 3.8) is 0 Å². The van der Waals surface area contributed by atoms with E-state index in [9.17, 15) is 4.39 Å². The Morgan fingerprint density at radius 2 is 1.82 bits per heavy atom. The number of pyridine rings is 1. The van der Waals surface area contributed by atoms with Crippen LogP contribution >= 0.6 is 11.6 Å². The summed E-state index contributed by atoms with van der Waals surface area (Å²) in [6.45, 7) is 2.91. The number of fused-ring (bicyclic) bond motifs is 2. The third-order valence-corrected chi connectivity index (χ3v) is 6.54. The highest BCUT2D eigenvalue weighted by Crippen LogP contribution is 2.33. The van der Waals surface area contributed by atoms with Gasteiger partial charge in [-0.3, -0.25) is 0 Å². The molecule has 3 unspecified atom stereocenters. The van der Waals surface area contributed by atoms with Crippen molar-refractivity contribution in [1.82, 2.24) is 15.0 Å². The summed E-state index contributed by atoms with van der Waals surface area (Å²) in [7, 11) is 0. The molecule has 6 nitrogen and oxygen atoms in total. The summed E-state index contributed by atoms with van der Waals surface area (Å²) in [5, 5.41) is 0.496. The molecule has 8 heteroatoms. The average Bonchev–Trinajstić information content (AvgIpc) is 3.52. The molecule has 2 aromatic carbocycles. The highest BCUT2D eigenvalue weighted by atomic mass is 35.5. The van der Waals surface area contributed by atoms with Crippen molar-refractivity contribution in [2.24, 2.45) is 0 Å². The summed E-state index contributed by atoms with van der Waals surface area (Å²) < 4.78 is 31.4. The number of aromatic amines is 1. The molecular formula is C25H21ClFN3O3. The molecule has 4 heterocycles. The third-order valence-electron chi connectivity index (χ3n) is 6.25. The van der Waals surface area contributed by atoms with Crippen LogP contribution in [0.4, 0.5) is 4.39 Å². The Balaban J connectivity index is 1.27. The molecule has 0 bridgehead atoms. The van der Waals surface area contributed by atoms with Gasteiger partial charge in [0.2, 0.25) is 0 Å². The van der Waals surface area contributed by atoms with Crippen LogP contribution in [0.3, 0.4) is 0 Å². The number of nitrogens with one attached hydrogen (secondary N) is 1. The molecule has 3 atom stereocenters. The highest BCUT2D eigenvalue weighted by Gasteiger charge is 2.43. The van der Waals surface area contributed by atoms with E-state index >= 15 is 0 Å². The number of hydrogen-bond acceptors (Lipinski definition) is 5. The maximum Gasteiger partial charge on any atom is 0.296 e. The standard InChI is InChI=1S/C25H21ClFN3O3/c1-13-2-3-16(10-18(13)27)14-4-6-15(7-5-14)22-17(26)11-19-24(29-22)30-25(28-19)33-21-12-32-20-8-9-31-23(20)21/h2-7,10-11,20-21,23H,8-9,12H2,1H3,(H,28,29,30). The van der Waals surface area contributed by atoms with Gasteiger partial charge in [0.25, 0.3) is 6.01 Å². The van der Waals surface area contributed by atoms with Gasteiger partial charge in [-0.05, 0) is 42.2 Å². The number of nitrogens with zero attached hydrogens (tertiary/aromatic N) is 2. The summed E-state index contributed by atoms with van der Waals surface area (Å²) >= 11 is 6.54. The lowest BCUT2D eigenvalue weighted by Gasteiger charge is -2.15. The molecule has 4 aromatic rings. The summed E-state index contributed by atoms with van der Waals surface area (Å²) in [4.78, 5) is 12.3. The van der Waals surface area contributed by atoms with Crippen LogP contribution in [0.1, 0.15) is 12.0 Å². The maximum absolute atomic E-state index is 13.9. The van der Waals surface area contributed by atoms with E-state index < -0.39 is 0 Å². The topological polar surface area (TPSA) is 69.3 Å². The zero-order chi connectivity index (χ0) is 22.5. The number of aromatic nitrogens is 3. The first-order valence-electron chi connectivity index (χ1n) is 10.9. The number of hydrogen-bond donors (Lipinski definition) is 1. The van der Waals surface area contributed by atoms with E-state index in [0.29, 0.717) is 46.7 Å². The van der Waals surface area contributed by atoms with Gasteiger partial charge in [0.15, 0.2) is 11.8 Å². The number of imidazole rings is 1. The van der Waals surface area contributed by atoms with Crippen molar-refractivity contribution in [1.29, 1.82) is 0 Å². The quantitative estimate of drug-likeness (QED) is 0.441. The maximum atomic E-state index is 13.9. The molecule has 2 saturated heterocycles. The van der Waals surface area contributed by atoms with Gasteiger partial charge in [0, 0.05) is 12.2 Å². The van der Waals surface area contributed by atoms with Crippen molar-refractivity contribution in [2.45, 2.75) is 31.7 Å². The van der Waals surface area contributed by atoms with Crippen LogP contribution in [-0.4, -0.2) is 46.5 Å².